The van der Waals surface area contributed by atoms with Crippen molar-refractivity contribution in [3.8, 4) is 0 Å². The Morgan fingerprint density at radius 1 is 0.448 bits per heavy atom. The van der Waals surface area contributed by atoms with E-state index in [9.17, 15) is 0 Å². The van der Waals surface area contributed by atoms with E-state index in [4.69, 9.17) is 8.82 Å². The van der Waals surface area contributed by atoms with Crippen molar-refractivity contribution in [3.63, 3.8) is 0 Å². The monoisotopic (exact) mass is 876 g/mol. The first-order valence-corrected chi connectivity index (χ1v) is 38.5. The number of benzene rings is 4. The van der Waals surface area contributed by atoms with Gasteiger partial charge in [-0.1, -0.05) is 222 Å². The van der Waals surface area contributed by atoms with Crippen LogP contribution < -0.4 is 21.2 Å². The van der Waals surface area contributed by atoms with Gasteiger partial charge in [-0.25, -0.2) is 0 Å². The molecule has 10 heteroatoms. The van der Waals surface area contributed by atoms with Gasteiger partial charge in [-0.05, 0) is 46.9 Å². The SMILES string of the molecule is [CH3][Al]([CH3])[N](C(=C(P(=N[Si](C)(C)C)(c1ccccc1)c1ccccc1)P(=N[Si](C)(C)C)(c1ccccc1)c1ccccc1)[N](C1CCCCC1)[Al]([CH3])[CH3])C1CCCCC1. The van der Waals surface area contributed by atoms with Crippen molar-refractivity contribution in [2.75, 3.05) is 0 Å². The van der Waals surface area contributed by atoms with Crippen molar-refractivity contribution >= 4 is 80.5 Å². The van der Waals surface area contributed by atoms with Gasteiger partial charge in [-0.3, -0.25) is 0 Å². The van der Waals surface area contributed by atoms with Gasteiger partial charge in [0.05, 0.1) is 10.9 Å². The minimum absolute atomic E-state index is 0.532. The summed E-state index contributed by atoms with van der Waals surface area (Å²) in [5.74, 6) is 12.2. The second-order valence-electron chi connectivity index (χ2n) is 19.4. The second-order valence-corrected chi connectivity index (χ2v) is 41.0. The molecular formula is C48H72Al2N4P2Si2. The topological polar surface area (TPSA) is 31.2 Å². The molecule has 0 saturated heterocycles. The highest BCUT2D eigenvalue weighted by Crippen LogP contribution is 2.75. The molecule has 0 atom stereocenters. The molecule has 0 aliphatic heterocycles. The average Bonchev–Trinajstić information content (AvgIpc) is 3.21. The highest BCUT2D eigenvalue weighted by molar-refractivity contribution is 8.02. The Morgan fingerprint density at radius 2 is 0.707 bits per heavy atom. The summed E-state index contributed by atoms with van der Waals surface area (Å²) in [5, 5.41) is 7.17. The lowest BCUT2D eigenvalue weighted by atomic mass is 9.94. The summed E-state index contributed by atoms with van der Waals surface area (Å²) in [6, 6.07) is 48.1. The third-order valence-corrected chi connectivity index (χ3v) is 30.1. The fourth-order valence-corrected chi connectivity index (χ4v) is 32.9. The normalized spacial score (nSPS) is 16.0. The molecule has 0 amide bonds. The van der Waals surface area contributed by atoms with Crippen LogP contribution in [0.4, 0.5) is 0 Å². The zero-order valence-corrected chi connectivity index (χ0v) is 43.7. The lowest BCUT2D eigenvalue weighted by molar-refractivity contribution is 0.207. The van der Waals surface area contributed by atoms with Gasteiger partial charge in [0.15, 0.2) is 16.5 Å². The van der Waals surface area contributed by atoms with E-state index in [0.717, 1.165) is 0 Å². The first-order chi connectivity index (χ1) is 27.7. The average molecular weight is 877 g/mol. The van der Waals surface area contributed by atoms with Gasteiger partial charge in [0.25, 0.3) is 0 Å². The van der Waals surface area contributed by atoms with Crippen molar-refractivity contribution < 1.29 is 0 Å². The van der Waals surface area contributed by atoms with E-state index in [0.29, 0.717) is 12.1 Å². The minimum Gasteiger partial charge on any atom is -0.448 e. The molecule has 2 aliphatic carbocycles. The molecule has 0 N–H and O–H groups in total. The van der Waals surface area contributed by atoms with E-state index in [2.05, 4.69) is 192 Å². The zero-order valence-electron chi connectivity index (χ0n) is 37.6. The maximum atomic E-state index is 6.68. The van der Waals surface area contributed by atoms with Crippen LogP contribution in [-0.4, -0.2) is 65.1 Å². The molecule has 308 valence electrons. The van der Waals surface area contributed by atoms with Crippen molar-refractivity contribution in [3.05, 3.63) is 132 Å². The highest BCUT2D eigenvalue weighted by Gasteiger charge is 2.49. The van der Waals surface area contributed by atoms with Crippen LogP contribution in [0.25, 0.3) is 0 Å². The summed E-state index contributed by atoms with van der Waals surface area (Å²) in [6.07, 6.45) is 13.1. The highest BCUT2D eigenvalue weighted by atomic mass is 31.2. The van der Waals surface area contributed by atoms with Gasteiger partial charge in [-0.2, -0.15) is 0 Å². The summed E-state index contributed by atoms with van der Waals surface area (Å²) >= 11 is -3.04. The van der Waals surface area contributed by atoms with Crippen molar-refractivity contribution in [2.24, 2.45) is 8.82 Å². The Kier molecular flexibility index (Phi) is 15.7. The van der Waals surface area contributed by atoms with Crippen LogP contribution >= 0.6 is 14.1 Å². The lowest BCUT2D eigenvalue weighted by Crippen LogP contribution is -2.55. The Bertz CT molecular complexity index is 1820. The van der Waals surface area contributed by atoms with E-state index in [1.807, 2.05) is 0 Å². The molecule has 2 aliphatic rings. The Balaban J connectivity index is 2.08. The maximum absolute atomic E-state index is 6.68. The maximum Gasteiger partial charge on any atom is 0.408 e. The van der Waals surface area contributed by atoms with Crippen molar-refractivity contribution in [1.82, 2.24) is 7.77 Å². The van der Waals surface area contributed by atoms with Gasteiger partial charge in [0.1, 0.15) is 0 Å². The first-order valence-electron chi connectivity index (χ1n) is 22.5. The van der Waals surface area contributed by atoms with Gasteiger partial charge in [0.2, 0.25) is 0 Å². The van der Waals surface area contributed by atoms with Crippen LogP contribution in [0.1, 0.15) is 64.2 Å². The summed E-state index contributed by atoms with van der Waals surface area (Å²) in [5.41, 5.74) is 0. The third-order valence-electron chi connectivity index (χ3n) is 11.8. The first kappa shape index (κ1) is 45.7. The van der Waals surface area contributed by atoms with Crippen molar-refractivity contribution in [2.45, 2.75) is 139 Å². The molecule has 0 aromatic heterocycles. The predicted octanol–water partition coefficient (Wildman–Crippen LogP) is 13.3. The van der Waals surface area contributed by atoms with Crippen LogP contribution in [0.15, 0.2) is 141 Å². The van der Waals surface area contributed by atoms with Gasteiger partial charge < -0.3 is 16.6 Å². The largest absolute Gasteiger partial charge is 0.448 e. The summed E-state index contributed by atoms with van der Waals surface area (Å²) in [7, 11) is -10.0. The Hall–Kier alpha value is -1.82. The van der Waals surface area contributed by atoms with Crippen molar-refractivity contribution in [1.29, 1.82) is 0 Å². The summed E-state index contributed by atoms with van der Waals surface area (Å²) in [4.78, 5) is 0. The van der Waals surface area contributed by atoms with Gasteiger partial charge in [-0.15, -0.1) is 0 Å². The van der Waals surface area contributed by atoms with Gasteiger partial charge in [0, 0.05) is 26.2 Å². The molecule has 58 heavy (non-hydrogen) atoms. The smallest absolute Gasteiger partial charge is 0.408 e. The molecule has 0 bridgehead atoms. The van der Waals surface area contributed by atoms with Crippen LogP contribution in [0.2, 0.25) is 62.4 Å². The van der Waals surface area contributed by atoms with E-state index >= 15 is 0 Å². The molecule has 4 nitrogen and oxygen atoms in total. The molecule has 4 aromatic rings. The molecule has 0 heterocycles. The molecule has 2 saturated carbocycles. The van der Waals surface area contributed by atoms with E-state index < -0.39 is 59.3 Å². The summed E-state index contributed by atoms with van der Waals surface area (Å²) < 4.78 is 19.7. The van der Waals surface area contributed by atoms with Crippen LogP contribution in [0.3, 0.4) is 0 Å². The number of rotatable bonds is 14. The number of nitrogens with zero attached hydrogens (tertiary/aromatic N) is 4. The fraction of sp³-hybridized carbons (Fsp3) is 0.458. The van der Waals surface area contributed by atoms with Crippen LogP contribution in [0.5, 0.6) is 0 Å². The van der Waals surface area contributed by atoms with Crippen LogP contribution in [0, 0.1) is 0 Å². The number of hydrogen-bond donors (Lipinski definition) is 0. The Morgan fingerprint density at radius 3 is 0.931 bits per heavy atom. The predicted molar refractivity (Wildman–Crippen MR) is 269 cm³/mol. The molecule has 6 rings (SSSR count). The second kappa shape index (κ2) is 19.9. The zero-order chi connectivity index (χ0) is 41.6. The molecule has 2 fully saturated rings. The molecule has 0 unspecified atom stereocenters. The van der Waals surface area contributed by atoms with E-state index in [1.165, 1.54) is 85.4 Å². The molecule has 0 spiro atoms. The standard InChI is InChI=1S/C44H60N4P2Si2.4CH3.2Al/c1-51(2,3)47-49(39-29-17-9-18-30-39,40-31-19-10-20-32-40)44(43(45-37-25-13-7-14-26-37)46-38-27-15-8-16-28-38)50(48-52(4,5)6,41-33-21-11-22-34-41)42-35-23-12-24-36-42;;;;;;/h9-12,17-24,29-38H,7-8,13-16,25-28H2,1-6H3;4*1H3;;/q-2;;;;;2*+1. The fourth-order valence-electron chi connectivity index (χ4n) is 9.85. The number of hydrogen-bond acceptors (Lipinski definition) is 4. The molecule has 4 aromatic carbocycles. The third kappa shape index (κ3) is 10.3. The minimum atomic E-state index is -2.81. The lowest BCUT2D eigenvalue weighted by Gasteiger charge is -2.54. The van der Waals surface area contributed by atoms with Gasteiger partial charge >= 0.3 is 28.7 Å². The van der Waals surface area contributed by atoms with Crippen LogP contribution in [-0.2, 0) is 0 Å². The molecular weight excluding hydrogens is 805 g/mol. The van der Waals surface area contributed by atoms with E-state index in [1.54, 1.807) is 10.9 Å². The van der Waals surface area contributed by atoms with E-state index in [-0.39, 0.29) is 0 Å². The quantitative estimate of drug-likeness (QED) is 0.0933. The summed E-state index contributed by atoms with van der Waals surface area (Å²) in [6.45, 7) is 15.0. The molecule has 0 radical (unpaired) electrons. The Labute approximate surface area is 365 Å².